The number of nitrogens with one attached hydrogen (secondary N) is 2. The molecule has 4 aliphatic rings. The van der Waals surface area contributed by atoms with Crippen molar-refractivity contribution in [1.82, 2.24) is 10.6 Å². The Bertz CT molecular complexity index is 518. The largest absolute Gasteiger partial charge is 0.391 e. The number of ether oxygens (including phenoxy) is 1. The minimum absolute atomic E-state index is 0.0257. The van der Waals surface area contributed by atoms with Crippen LogP contribution in [-0.4, -0.2) is 60.3 Å². The number of aliphatic hydroxyl groups excluding tert-OH is 2. The van der Waals surface area contributed by atoms with Gasteiger partial charge in [-0.25, -0.2) is 0 Å². The molecule has 5 nitrogen and oxygen atoms in total. The van der Waals surface area contributed by atoms with E-state index in [1.807, 2.05) is 0 Å². The summed E-state index contributed by atoms with van der Waals surface area (Å²) in [6.45, 7) is 3.42. The lowest BCUT2D eigenvalue weighted by atomic mass is 9.66. The van der Waals surface area contributed by atoms with Gasteiger partial charge in [0.05, 0.1) is 18.3 Å². The zero-order valence-electron chi connectivity index (χ0n) is 18.6. The molecule has 3 aliphatic carbocycles. The van der Waals surface area contributed by atoms with E-state index in [0.29, 0.717) is 23.9 Å². The topological polar surface area (TPSA) is 73.8 Å². The molecule has 1 saturated heterocycles. The van der Waals surface area contributed by atoms with Crippen LogP contribution >= 0.6 is 0 Å². The number of fused-ring (bicyclic) bond motifs is 1. The molecule has 0 aromatic heterocycles. The molecule has 4 N–H and O–H groups in total. The Morgan fingerprint density at radius 3 is 2.59 bits per heavy atom. The molecule has 10 atom stereocenters. The van der Waals surface area contributed by atoms with Crippen LogP contribution in [0.2, 0.25) is 0 Å². The van der Waals surface area contributed by atoms with Crippen molar-refractivity contribution < 1.29 is 14.9 Å². The van der Waals surface area contributed by atoms with Gasteiger partial charge in [0.15, 0.2) is 0 Å². The standard InChI is InChI=1S/C24H44N2O3/c1-15-5-3-7-18(13-15)26-22(17-9-11-21(29-2)20(27)14-17)19-10-8-16-6-4-12-25-23(16)24(19)28/h15-28H,3-14H2,1-2H3. The van der Waals surface area contributed by atoms with E-state index in [0.717, 1.165) is 38.1 Å². The lowest BCUT2D eigenvalue weighted by molar-refractivity contribution is -0.0731. The molecule has 1 heterocycles. The van der Waals surface area contributed by atoms with Crippen LogP contribution in [0.1, 0.15) is 77.6 Å². The minimum Gasteiger partial charge on any atom is -0.391 e. The normalized spacial score (nSPS) is 47.4. The van der Waals surface area contributed by atoms with Crippen LogP contribution in [-0.2, 0) is 4.74 Å². The summed E-state index contributed by atoms with van der Waals surface area (Å²) in [6, 6.07) is 1.13. The molecule has 10 unspecified atom stereocenters. The van der Waals surface area contributed by atoms with Crippen molar-refractivity contribution in [1.29, 1.82) is 0 Å². The molecule has 1 aliphatic heterocycles. The molecule has 0 amide bonds. The van der Waals surface area contributed by atoms with Gasteiger partial charge in [-0.05, 0) is 82.1 Å². The van der Waals surface area contributed by atoms with Gasteiger partial charge in [0.1, 0.15) is 0 Å². The monoisotopic (exact) mass is 408 g/mol. The number of hydrogen-bond donors (Lipinski definition) is 4. The minimum atomic E-state index is -0.380. The van der Waals surface area contributed by atoms with Gasteiger partial charge in [0, 0.05) is 31.2 Å². The SMILES string of the molecule is COC1CCC(C(NC2CCCC(C)C2)C2CCC3CCCNC3C2O)CC1O. The lowest BCUT2D eigenvalue weighted by Crippen LogP contribution is -2.61. The van der Waals surface area contributed by atoms with Crippen molar-refractivity contribution in [2.75, 3.05) is 13.7 Å². The molecule has 0 aromatic rings. The molecular weight excluding hydrogens is 364 g/mol. The van der Waals surface area contributed by atoms with Crippen LogP contribution in [0.3, 0.4) is 0 Å². The van der Waals surface area contributed by atoms with E-state index in [1.165, 1.54) is 44.9 Å². The lowest BCUT2D eigenvalue weighted by Gasteiger charge is -2.50. The van der Waals surface area contributed by atoms with E-state index in [-0.39, 0.29) is 30.3 Å². The van der Waals surface area contributed by atoms with Crippen LogP contribution in [0.5, 0.6) is 0 Å². The van der Waals surface area contributed by atoms with Gasteiger partial charge in [-0.2, -0.15) is 0 Å². The van der Waals surface area contributed by atoms with Gasteiger partial charge in [-0.1, -0.05) is 19.8 Å². The maximum Gasteiger partial charge on any atom is 0.0830 e. The van der Waals surface area contributed by atoms with E-state index in [1.54, 1.807) is 7.11 Å². The average molecular weight is 409 g/mol. The molecule has 3 saturated carbocycles. The summed E-state index contributed by atoms with van der Waals surface area (Å²) in [5.74, 6) is 2.14. The smallest absolute Gasteiger partial charge is 0.0830 e. The third-order valence-electron chi connectivity index (χ3n) is 8.75. The summed E-state index contributed by atoms with van der Waals surface area (Å²) in [5.41, 5.74) is 0. The highest BCUT2D eigenvalue weighted by molar-refractivity contribution is 5.01. The maximum absolute atomic E-state index is 11.4. The highest BCUT2D eigenvalue weighted by atomic mass is 16.5. The van der Waals surface area contributed by atoms with Gasteiger partial charge in [-0.3, -0.25) is 0 Å². The fourth-order valence-corrected chi connectivity index (χ4v) is 7.16. The van der Waals surface area contributed by atoms with Crippen molar-refractivity contribution in [3.63, 3.8) is 0 Å². The molecule has 4 rings (SSSR count). The molecule has 5 heteroatoms. The summed E-state index contributed by atoms with van der Waals surface area (Å²) in [6.07, 6.45) is 12.1. The van der Waals surface area contributed by atoms with E-state index in [2.05, 4.69) is 17.6 Å². The van der Waals surface area contributed by atoms with Crippen molar-refractivity contribution in [2.24, 2.45) is 23.7 Å². The quantitative estimate of drug-likeness (QED) is 0.563. The molecule has 0 bridgehead atoms. The average Bonchev–Trinajstić information content (AvgIpc) is 2.73. The third-order valence-corrected chi connectivity index (χ3v) is 8.75. The van der Waals surface area contributed by atoms with Crippen LogP contribution in [0.4, 0.5) is 0 Å². The van der Waals surface area contributed by atoms with Crippen LogP contribution < -0.4 is 10.6 Å². The molecule has 4 fully saturated rings. The Morgan fingerprint density at radius 1 is 0.966 bits per heavy atom. The van der Waals surface area contributed by atoms with Gasteiger partial charge in [-0.15, -0.1) is 0 Å². The molecule has 0 radical (unpaired) electrons. The summed E-state index contributed by atoms with van der Waals surface area (Å²) in [7, 11) is 1.72. The molecular formula is C24H44N2O3. The van der Waals surface area contributed by atoms with E-state index >= 15 is 0 Å². The fourth-order valence-electron chi connectivity index (χ4n) is 7.16. The zero-order chi connectivity index (χ0) is 20.4. The van der Waals surface area contributed by atoms with Crippen LogP contribution in [0.15, 0.2) is 0 Å². The zero-order valence-corrected chi connectivity index (χ0v) is 18.6. The number of hydrogen-bond acceptors (Lipinski definition) is 5. The first-order valence-electron chi connectivity index (χ1n) is 12.4. The van der Waals surface area contributed by atoms with Gasteiger partial charge in [0.25, 0.3) is 0 Å². The third kappa shape index (κ3) is 5.01. The maximum atomic E-state index is 11.4. The van der Waals surface area contributed by atoms with E-state index in [9.17, 15) is 10.2 Å². The van der Waals surface area contributed by atoms with Crippen molar-refractivity contribution >= 4 is 0 Å². The fraction of sp³-hybridized carbons (Fsp3) is 1.00. The Kier molecular flexibility index (Phi) is 7.55. The number of methoxy groups -OCH3 is 1. The highest BCUT2D eigenvalue weighted by Crippen LogP contribution is 2.41. The van der Waals surface area contributed by atoms with E-state index in [4.69, 9.17) is 4.74 Å². The first-order valence-corrected chi connectivity index (χ1v) is 12.4. The second-order valence-electron chi connectivity index (χ2n) is 10.7. The molecule has 0 aromatic carbocycles. The Labute approximate surface area is 177 Å². The second-order valence-corrected chi connectivity index (χ2v) is 10.7. The van der Waals surface area contributed by atoms with Gasteiger partial charge in [0.2, 0.25) is 0 Å². The van der Waals surface area contributed by atoms with Crippen molar-refractivity contribution in [3.05, 3.63) is 0 Å². The predicted molar refractivity (Wildman–Crippen MR) is 116 cm³/mol. The van der Waals surface area contributed by atoms with Crippen molar-refractivity contribution in [2.45, 2.75) is 114 Å². The van der Waals surface area contributed by atoms with Crippen molar-refractivity contribution in [3.8, 4) is 0 Å². The second kappa shape index (κ2) is 9.95. The number of aliphatic hydroxyl groups is 2. The predicted octanol–water partition coefficient (Wildman–Crippen LogP) is 2.84. The van der Waals surface area contributed by atoms with Crippen LogP contribution in [0.25, 0.3) is 0 Å². The first kappa shape index (κ1) is 22.0. The number of piperidine rings is 1. The summed E-state index contributed by atoms with van der Waals surface area (Å²) in [4.78, 5) is 0. The van der Waals surface area contributed by atoms with Crippen LogP contribution in [0, 0.1) is 23.7 Å². The Balaban J connectivity index is 1.49. The summed E-state index contributed by atoms with van der Waals surface area (Å²) in [5, 5.41) is 29.8. The van der Waals surface area contributed by atoms with Gasteiger partial charge < -0.3 is 25.6 Å². The summed E-state index contributed by atoms with van der Waals surface area (Å²) >= 11 is 0. The van der Waals surface area contributed by atoms with E-state index < -0.39 is 0 Å². The van der Waals surface area contributed by atoms with Gasteiger partial charge >= 0.3 is 0 Å². The highest BCUT2D eigenvalue weighted by Gasteiger charge is 2.46. The Hall–Kier alpha value is -0.200. The first-order chi connectivity index (χ1) is 14.1. The molecule has 29 heavy (non-hydrogen) atoms. The Morgan fingerprint density at radius 2 is 1.83 bits per heavy atom. The molecule has 0 spiro atoms. The number of rotatable bonds is 5. The molecule has 168 valence electrons. The summed E-state index contributed by atoms with van der Waals surface area (Å²) < 4.78 is 5.50.